The molecule has 5 aromatic carbocycles. The third kappa shape index (κ3) is 3.21. The summed E-state index contributed by atoms with van der Waals surface area (Å²) in [6, 6.07) is 42.7. The number of thiophene rings is 1. The fourth-order valence-electron chi connectivity index (χ4n) is 5.56. The summed E-state index contributed by atoms with van der Waals surface area (Å²) in [5.74, 6) is 0.680. The summed E-state index contributed by atoms with van der Waals surface area (Å²) >= 11 is 1.86. The molecule has 0 aliphatic heterocycles. The van der Waals surface area contributed by atoms with Crippen LogP contribution in [0.15, 0.2) is 128 Å². The van der Waals surface area contributed by atoms with Gasteiger partial charge in [0, 0.05) is 42.7 Å². The molecule has 0 spiro atoms. The minimum Gasteiger partial charge on any atom is -0.278 e. The molecule has 8 aromatic rings. The summed E-state index contributed by atoms with van der Waals surface area (Å²) in [5, 5.41) is 5.09. The first-order chi connectivity index (χ1) is 18.8. The van der Waals surface area contributed by atoms with Crippen LogP contribution in [0.2, 0.25) is 0 Å². The van der Waals surface area contributed by atoms with Gasteiger partial charge in [-0.25, -0.2) is 9.97 Å². The first-order valence-corrected chi connectivity index (χ1v) is 13.5. The van der Waals surface area contributed by atoms with Gasteiger partial charge in [-0.05, 0) is 41.5 Å². The number of para-hydroxylation sites is 1. The van der Waals surface area contributed by atoms with Gasteiger partial charge in [0.2, 0.25) is 5.95 Å². The van der Waals surface area contributed by atoms with Gasteiger partial charge in [0.05, 0.1) is 16.7 Å². The lowest BCUT2D eigenvalue weighted by Gasteiger charge is -2.09. The van der Waals surface area contributed by atoms with Crippen LogP contribution in [0.25, 0.3) is 70.3 Å². The maximum absolute atomic E-state index is 5.10. The van der Waals surface area contributed by atoms with Gasteiger partial charge < -0.3 is 0 Å². The Kier molecular flexibility index (Phi) is 4.69. The normalized spacial score (nSPS) is 11.7. The van der Waals surface area contributed by atoms with E-state index in [1.807, 2.05) is 29.7 Å². The van der Waals surface area contributed by atoms with Crippen molar-refractivity contribution in [2.45, 2.75) is 0 Å². The van der Waals surface area contributed by atoms with E-state index in [1.54, 1.807) is 0 Å². The molecule has 0 saturated heterocycles. The Bertz CT molecular complexity index is 2140. The lowest BCUT2D eigenvalue weighted by molar-refractivity contribution is 0.992. The van der Waals surface area contributed by atoms with E-state index in [9.17, 15) is 0 Å². The molecule has 4 heteroatoms. The fraction of sp³-hybridized carbons (Fsp3) is 0. The quantitative estimate of drug-likeness (QED) is 0.240. The number of aromatic nitrogens is 3. The summed E-state index contributed by atoms with van der Waals surface area (Å²) < 4.78 is 4.83. The van der Waals surface area contributed by atoms with Crippen molar-refractivity contribution in [1.82, 2.24) is 14.5 Å². The Hall–Kier alpha value is -4.80. The van der Waals surface area contributed by atoms with Crippen molar-refractivity contribution >= 4 is 53.3 Å². The molecule has 3 nitrogen and oxygen atoms in total. The lowest BCUT2D eigenvalue weighted by Crippen LogP contribution is -2.01. The summed E-state index contributed by atoms with van der Waals surface area (Å²) in [5.41, 5.74) is 6.58. The van der Waals surface area contributed by atoms with E-state index in [-0.39, 0.29) is 0 Å². The van der Waals surface area contributed by atoms with Crippen LogP contribution in [-0.4, -0.2) is 14.5 Å². The number of hydrogen-bond donors (Lipinski definition) is 0. The highest BCUT2D eigenvalue weighted by molar-refractivity contribution is 7.26. The largest absolute Gasteiger partial charge is 0.278 e. The smallest absolute Gasteiger partial charge is 0.235 e. The van der Waals surface area contributed by atoms with Gasteiger partial charge in [0.15, 0.2) is 0 Å². The average Bonchev–Trinajstić information content (AvgIpc) is 3.53. The molecule has 3 aromatic heterocycles. The molecule has 0 aliphatic carbocycles. The summed E-state index contributed by atoms with van der Waals surface area (Å²) in [6.45, 7) is 0. The van der Waals surface area contributed by atoms with Crippen LogP contribution in [0, 0.1) is 0 Å². The number of rotatable bonds is 3. The Morgan fingerprint density at radius 3 is 2.24 bits per heavy atom. The first kappa shape index (κ1) is 21.3. The maximum Gasteiger partial charge on any atom is 0.235 e. The standard InChI is InChI=1S/C34H21N3S/c1-2-9-22(10-3-1)23-11-8-12-24(21-23)28-19-20-35-34(36-28)37-29-15-6-4-14-27(29)32-30(37)18-17-26-25-13-5-7-16-31(25)38-33(26)32/h1-21H. The highest BCUT2D eigenvalue weighted by atomic mass is 32.1. The molecular formula is C34H21N3S. The lowest BCUT2D eigenvalue weighted by atomic mass is 10.0. The highest BCUT2D eigenvalue weighted by Gasteiger charge is 2.18. The SMILES string of the molecule is c1ccc(-c2cccc(-c3ccnc(-n4c5ccccc5c5c6sc7ccccc7c6ccc54)n3)c2)cc1. The minimum atomic E-state index is 0.680. The molecule has 8 rings (SSSR count). The fourth-order valence-corrected chi connectivity index (χ4v) is 6.82. The molecule has 3 heterocycles. The van der Waals surface area contributed by atoms with Crippen LogP contribution in [0.4, 0.5) is 0 Å². The zero-order chi connectivity index (χ0) is 25.1. The zero-order valence-corrected chi connectivity index (χ0v) is 21.2. The molecular weight excluding hydrogens is 482 g/mol. The summed E-state index contributed by atoms with van der Waals surface area (Å²) in [6.07, 6.45) is 1.87. The number of fused-ring (bicyclic) bond motifs is 7. The van der Waals surface area contributed by atoms with Crippen molar-refractivity contribution < 1.29 is 0 Å². The molecule has 178 valence electrons. The average molecular weight is 504 g/mol. The van der Waals surface area contributed by atoms with Crippen molar-refractivity contribution in [1.29, 1.82) is 0 Å². The number of nitrogens with zero attached hydrogens (tertiary/aromatic N) is 3. The predicted octanol–water partition coefficient (Wildman–Crippen LogP) is 9.28. The molecule has 0 aliphatic rings. The third-order valence-electron chi connectivity index (χ3n) is 7.29. The molecule has 0 radical (unpaired) electrons. The number of hydrogen-bond acceptors (Lipinski definition) is 3. The van der Waals surface area contributed by atoms with Gasteiger partial charge in [-0.1, -0.05) is 91.0 Å². The minimum absolute atomic E-state index is 0.680. The predicted molar refractivity (Wildman–Crippen MR) is 160 cm³/mol. The van der Waals surface area contributed by atoms with Crippen LogP contribution in [0.5, 0.6) is 0 Å². The van der Waals surface area contributed by atoms with Gasteiger partial charge in [-0.3, -0.25) is 4.57 Å². The van der Waals surface area contributed by atoms with E-state index < -0.39 is 0 Å². The van der Waals surface area contributed by atoms with E-state index in [1.165, 1.54) is 42.1 Å². The van der Waals surface area contributed by atoms with Gasteiger partial charge in [-0.15, -0.1) is 11.3 Å². The highest BCUT2D eigenvalue weighted by Crippen LogP contribution is 2.42. The summed E-state index contributed by atoms with van der Waals surface area (Å²) in [7, 11) is 0. The molecule has 0 saturated carbocycles. The third-order valence-corrected chi connectivity index (χ3v) is 8.49. The number of benzene rings is 5. The molecule has 0 amide bonds. The van der Waals surface area contributed by atoms with E-state index in [0.717, 1.165) is 22.3 Å². The molecule has 0 atom stereocenters. The van der Waals surface area contributed by atoms with E-state index in [2.05, 4.69) is 114 Å². The van der Waals surface area contributed by atoms with Gasteiger partial charge in [0.25, 0.3) is 0 Å². The van der Waals surface area contributed by atoms with Crippen LogP contribution >= 0.6 is 11.3 Å². The molecule has 38 heavy (non-hydrogen) atoms. The van der Waals surface area contributed by atoms with Crippen molar-refractivity contribution in [3.8, 4) is 28.3 Å². The first-order valence-electron chi connectivity index (χ1n) is 12.7. The van der Waals surface area contributed by atoms with Crippen LogP contribution in [0.3, 0.4) is 0 Å². The Labute approximate surface area is 223 Å². The molecule has 0 fully saturated rings. The Morgan fingerprint density at radius 1 is 0.553 bits per heavy atom. The second-order valence-corrected chi connectivity index (χ2v) is 10.5. The van der Waals surface area contributed by atoms with Crippen molar-refractivity contribution in [2.75, 3.05) is 0 Å². The van der Waals surface area contributed by atoms with Gasteiger partial charge in [-0.2, -0.15) is 0 Å². The molecule has 0 unspecified atom stereocenters. The van der Waals surface area contributed by atoms with Crippen molar-refractivity contribution in [3.63, 3.8) is 0 Å². The van der Waals surface area contributed by atoms with E-state index in [0.29, 0.717) is 5.95 Å². The van der Waals surface area contributed by atoms with Crippen LogP contribution in [0.1, 0.15) is 0 Å². The second-order valence-electron chi connectivity index (χ2n) is 9.48. The van der Waals surface area contributed by atoms with E-state index in [4.69, 9.17) is 9.97 Å². The molecule has 0 N–H and O–H groups in total. The summed E-state index contributed by atoms with van der Waals surface area (Å²) in [4.78, 5) is 9.86. The maximum atomic E-state index is 5.10. The Balaban J connectivity index is 1.36. The topological polar surface area (TPSA) is 30.7 Å². The van der Waals surface area contributed by atoms with Crippen LogP contribution in [-0.2, 0) is 0 Å². The van der Waals surface area contributed by atoms with Gasteiger partial charge in [0.1, 0.15) is 0 Å². The van der Waals surface area contributed by atoms with Crippen molar-refractivity contribution in [2.24, 2.45) is 0 Å². The molecule has 0 bridgehead atoms. The zero-order valence-electron chi connectivity index (χ0n) is 20.4. The van der Waals surface area contributed by atoms with Gasteiger partial charge >= 0.3 is 0 Å². The van der Waals surface area contributed by atoms with Crippen LogP contribution < -0.4 is 0 Å². The monoisotopic (exact) mass is 503 g/mol. The van der Waals surface area contributed by atoms with Crippen molar-refractivity contribution in [3.05, 3.63) is 128 Å². The van der Waals surface area contributed by atoms with E-state index >= 15 is 0 Å². The Morgan fingerprint density at radius 2 is 1.32 bits per heavy atom. The second kappa shape index (κ2) is 8.37.